The summed E-state index contributed by atoms with van der Waals surface area (Å²) in [7, 11) is 0. The van der Waals surface area contributed by atoms with Crippen LogP contribution in [-0.4, -0.2) is 35.7 Å². The number of benzene rings is 1. The number of carbonyl (C=O) groups is 1. The molecule has 4 nitrogen and oxygen atoms in total. The molecule has 0 aliphatic carbocycles. The summed E-state index contributed by atoms with van der Waals surface area (Å²) in [5.41, 5.74) is 3.29. The summed E-state index contributed by atoms with van der Waals surface area (Å²) in [4.78, 5) is 13.9. The van der Waals surface area contributed by atoms with Crippen LogP contribution in [0.25, 0.3) is 0 Å². The van der Waals surface area contributed by atoms with E-state index < -0.39 is 5.60 Å². The molecule has 1 heterocycles. The maximum absolute atomic E-state index is 12.1. The predicted molar refractivity (Wildman–Crippen MR) is 90.4 cm³/mol. The number of piperidine rings is 1. The molecule has 1 aliphatic rings. The van der Waals surface area contributed by atoms with Gasteiger partial charge in [-0.2, -0.15) is 0 Å². The molecule has 0 saturated carbocycles. The van der Waals surface area contributed by atoms with Crippen molar-refractivity contribution in [1.29, 1.82) is 0 Å². The number of anilines is 1. The van der Waals surface area contributed by atoms with Gasteiger partial charge in [-0.05, 0) is 70.7 Å². The van der Waals surface area contributed by atoms with Gasteiger partial charge in [-0.25, -0.2) is 4.79 Å². The van der Waals surface area contributed by atoms with Crippen molar-refractivity contribution in [2.24, 2.45) is 0 Å². The van der Waals surface area contributed by atoms with E-state index in [1.54, 1.807) is 0 Å². The van der Waals surface area contributed by atoms with Crippen molar-refractivity contribution in [2.45, 2.75) is 59.1 Å². The molecule has 2 rings (SSSR count). The van der Waals surface area contributed by atoms with Crippen LogP contribution in [0.2, 0.25) is 0 Å². The first kappa shape index (κ1) is 16.7. The Kier molecular flexibility index (Phi) is 4.99. The van der Waals surface area contributed by atoms with Gasteiger partial charge >= 0.3 is 6.09 Å². The summed E-state index contributed by atoms with van der Waals surface area (Å²) >= 11 is 0. The summed E-state index contributed by atoms with van der Waals surface area (Å²) < 4.78 is 5.43. The summed E-state index contributed by atoms with van der Waals surface area (Å²) in [6.45, 7) is 11.4. The van der Waals surface area contributed by atoms with Gasteiger partial charge in [0.2, 0.25) is 0 Å². The van der Waals surface area contributed by atoms with Gasteiger partial charge in [0.05, 0.1) is 0 Å². The molecular formula is C18H28N2O2. The van der Waals surface area contributed by atoms with Crippen LogP contribution in [0.15, 0.2) is 18.2 Å². The van der Waals surface area contributed by atoms with Crippen molar-refractivity contribution < 1.29 is 9.53 Å². The second-order valence-electron chi connectivity index (χ2n) is 7.26. The highest BCUT2D eigenvalue weighted by Gasteiger charge is 2.26. The van der Waals surface area contributed by atoms with Crippen LogP contribution in [0.3, 0.4) is 0 Å². The third-order valence-electron chi connectivity index (χ3n) is 3.74. The summed E-state index contributed by atoms with van der Waals surface area (Å²) in [6.07, 6.45) is 1.70. The Bertz CT molecular complexity index is 506. The highest BCUT2D eigenvalue weighted by Crippen LogP contribution is 2.20. The Hall–Kier alpha value is -1.71. The minimum Gasteiger partial charge on any atom is -0.444 e. The molecule has 0 aromatic heterocycles. The largest absolute Gasteiger partial charge is 0.444 e. The second kappa shape index (κ2) is 6.59. The zero-order valence-corrected chi connectivity index (χ0v) is 14.4. The third-order valence-corrected chi connectivity index (χ3v) is 3.74. The molecule has 1 fully saturated rings. The molecule has 0 atom stereocenters. The van der Waals surface area contributed by atoms with Crippen LogP contribution < -0.4 is 5.32 Å². The summed E-state index contributed by atoms with van der Waals surface area (Å²) in [5.74, 6) is 0. The van der Waals surface area contributed by atoms with E-state index in [0.29, 0.717) is 6.04 Å². The van der Waals surface area contributed by atoms with Gasteiger partial charge in [-0.15, -0.1) is 0 Å². The minimum atomic E-state index is -0.425. The number of ether oxygens (including phenoxy) is 1. The molecule has 4 heteroatoms. The molecule has 22 heavy (non-hydrogen) atoms. The number of rotatable bonds is 2. The Morgan fingerprint density at radius 2 is 1.68 bits per heavy atom. The Balaban J connectivity index is 1.86. The first-order valence-corrected chi connectivity index (χ1v) is 8.06. The number of carbonyl (C=O) groups excluding carboxylic acids is 1. The van der Waals surface area contributed by atoms with E-state index in [0.717, 1.165) is 25.9 Å². The lowest BCUT2D eigenvalue weighted by Gasteiger charge is -2.34. The smallest absolute Gasteiger partial charge is 0.410 e. The number of amides is 1. The van der Waals surface area contributed by atoms with Crippen LogP contribution >= 0.6 is 0 Å². The molecule has 1 amide bonds. The Morgan fingerprint density at radius 1 is 1.14 bits per heavy atom. The Morgan fingerprint density at radius 3 is 2.18 bits per heavy atom. The van der Waals surface area contributed by atoms with Crippen molar-refractivity contribution in [3.05, 3.63) is 29.3 Å². The lowest BCUT2D eigenvalue weighted by atomic mass is 10.0. The zero-order chi connectivity index (χ0) is 16.3. The lowest BCUT2D eigenvalue weighted by molar-refractivity contribution is 0.0210. The van der Waals surface area contributed by atoms with Crippen LogP contribution in [0, 0.1) is 13.8 Å². The number of nitrogens with one attached hydrogen (secondary N) is 1. The fraction of sp³-hybridized carbons (Fsp3) is 0.611. The molecule has 1 aliphatic heterocycles. The van der Waals surface area contributed by atoms with E-state index in [4.69, 9.17) is 4.74 Å². The van der Waals surface area contributed by atoms with Crippen LogP contribution in [-0.2, 0) is 4.74 Å². The van der Waals surface area contributed by atoms with Crippen molar-refractivity contribution >= 4 is 11.8 Å². The van der Waals surface area contributed by atoms with Crippen molar-refractivity contribution in [3.63, 3.8) is 0 Å². The first-order valence-electron chi connectivity index (χ1n) is 8.06. The lowest BCUT2D eigenvalue weighted by Crippen LogP contribution is -2.44. The molecule has 0 bridgehead atoms. The van der Waals surface area contributed by atoms with Gasteiger partial charge in [-0.3, -0.25) is 0 Å². The molecule has 0 unspecified atom stereocenters. The predicted octanol–water partition coefficient (Wildman–Crippen LogP) is 4.11. The van der Waals surface area contributed by atoms with Crippen LogP contribution in [0.1, 0.15) is 44.7 Å². The zero-order valence-electron chi connectivity index (χ0n) is 14.4. The van der Waals surface area contributed by atoms with Crippen molar-refractivity contribution in [2.75, 3.05) is 18.4 Å². The van der Waals surface area contributed by atoms with Gasteiger partial charge in [0.25, 0.3) is 0 Å². The van der Waals surface area contributed by atoms with Gasteiger partial charge in [0.1, 0.15) is 5.60 Å². The number of hydrogen-bond donors (Lipinski definition) is 1. The topological polar surface area (TPSA) is 41.6 Å². The van der Waals surface area contributed by atoms with Gasteiger partial charge in [0, 0.05) is 24.8 Å². The molecule has 1 aromatic rings. The molecule has 122 valence electrons. The monoisotopic (exact) mass is 304 g/mol. The fourth-order valence-electron chi connectivity index (χ4n) is 2.83. The normalized spacial score (nSPS) is 16.5. The number of aryl methyl sites for hydroxylation is 2. The number of nitrogens with zero attached hydrogens (tertiary/aromatic N) is 1. The van der Waals surface area contributed by atoms with Gasteiger partial charge < -0.3 is 15.0 Å². The first-order chi connectivity index (χ1) is 10.2. The van der Waals surface area contributed by atoms with Crippen molar-refractivity contribution in [3.8, 4) is 0 Å². The van der Waals surface area contributed by atoms with Crippen molar-refractivity contribution in [1.82, 2.24) is 4.90 Å². The molecule has 0 spiro atoms. The Labute approximate surface area is 133 Å². The van der Waals surface area contributed by atoms with Gasteiger partial charge in [0.15, 0.2) is 0 Å². The molecule has 1 N–H and O–H groups in total. The van der Waals surface area contributed by atoms with Crippen LogP contribution in [0.4, 0.5) is 10.5 Å². The average Bonchev–Trinajstić information content (AvgIpc) is 2.36. The number of likely N-dealkylation sites (tertiary alicyclic amines) is 1. The second-order valence-corrected chi connectivity index (χ2v) is 7.26. The standard InChI is InChI=1S/C18H28N2O2/c1-13-10-14(2)12-16(11-13)19-15-6-8-20(9-7-15)17(21)22-18(3,4)5/h10-12,15,19H,6-9H2,1-5H3. The molecule has 1 saturated heterocycles. The maximum Gasteiger partial charge on any atom is 0.410 e. The SMILES string of the molecule is Cc1cc(C)cc(NC2CCN(C(=O)OC(C)(C)C)CC2)c1. The quantitative estimate of drug-likeness (QED) is 0.894. The summed E-state index contributed by atoms with van der Waals surface area (Å²) in [5, 5.41) is 3.59. The van der Waals surface area contributed by atoms with Gasteiger partial charge in [-0.1, -0.05) is 6.07 Å². The van der Waals surface area contributed by atoms with E-state index >= 15 is 0 Å². The van der Waals surface area contributed by atoms with E-state index in [-0.39, 0.29) is 6.09 Å². The van der Waals surface area contributed by atoms with E-state index in [1.807, 2.05) is 25.7 Å². The van der Waals surface area contributed by atoms with Crippen LogP contribution in [0.5, 0.6) is 0 Å². The van der Waals surface area contributed by atoms with E-state index in [2.05, 4.69) is 37.4 Å². The van der Waals surface area contributed by atoms with E-state index in [9.17, 15) is 4.79 Å². The number of hydrogen-bond acceptors (Lipinski definition) is 3. The molecule has 0 radical (unpaired) electrons. The third kappa shape index (κ3) is 4.93. The highest BCUT2D eigenvalue weighted by molar-refractivity contribution is 5.68. The minimum absolute atomic E-state index is 0.197. The summed E-state index contributed by atoms with van der Waals surface area (Å²) in [6, 6.07) is 6.94. The maximum atomic E-state index is 12.1. The molecular weight excluding hydrogens is 276 g/mol. The van der Waals surface area contributed by atoms with E-state index in [1.165, 1.54) is 16.8 Å². The highest BCUT2D eigenvalue weighted by atomic mass is 16.6. The average molecular weight is 304 g/mol. The fourth-order valence-corrected chi connectivity index (χ4v) is 2.83. The molecule has 1 aromatic carbocycles.